The van der Waals surface area contributed by atoms with Crippen LogP contribution in [0, 0.1) is 6.92 Å². The quantitative estimate of drug-likeness (QED) is 0.498. The Morgan fingerprint density at radius 2 is 1.93 bits per heavy atom. The van der Waals surface area contributed by atoms with Gasteiger partial charge in [0.15, 0.2) is 6.61 Å². The Morgan fingerprint density at radius 1 is 1.22 bits per heavy atom. The van der Waals surface area contributed by atoms with E-state index in [0.29, 0.717) is 24.9 Å². The van der Waals surface area contributed by atoms with Crippen LogP contribution >= 0.6 is 0 Å². The number of aryl methyl sites for hydroxylation is 2. The summed E-state index contributed by atoms with van der Waals surface area (Å²) in [5.41, 5.74) is 2.84. The summed E-state index contributed by atoms with van der Waals surface area (Å²) in [5, 5.41) is 7.94. The van der Waals surface area contributed by atoms with Gasteiger partial charge >= 0.3 is 5.97 Å². The van der Waals surface area contributed by atoms with Gasteiger partial charge in [-0.1, -0.05) is 29.8 Å². The third-order valence-corrected chi connectivity index (χ3v) is 3.86. The zero-order valence-electron chi connectivity index (χ0n) is 16.0. The molecule has 0 spiro atoms. The predicted molar refractivity (Wildman–Crippen MR) is 101 cm³/mol. The van der Waals surface area contributed by atoms with Crippen molar-refractivity contribution in [2.45, 2.75) is 33.6 Å². The van der Waals surface area contributed by atoms with E-state index in [2.05, 4.69) is 16.8 Å². The normalized spacial score (nSPS) is 10.5. The Bertz CT molecular complexity index is 796. The lowest BCUT2D eigenvalue weighted by Crippen LogP contribution is -2.35. The number of nitrogens with zero attached hydrogens (tertiary/aromatic N) is 3. The van der Waals surface area contributed by atoms with Gasteiger partial charge in [-0.05, 0) is 32.9 Å². The van der Waals surface area contributed by atoms with Crippen LogP contribution in [0.25, 0.3) is 11.5 Å². The minimum atomic E-state index is -0.482. The van der Waals surface area contributed by atoms with E-state index in [0.717, 1.165) is 16.7 Å². The van der Waals surface area contributed by atoms with Crippen molar-refractivity contribution in [2.75, 3.05) is 19.7 Å². The minimum absolute atomic E-state index is 0.0649. The highest BCUT2D eigenvalue weighted by atomic mass is 16.5. The van der Waals surface area contributed by atoms with Gasteiger partial charge in [0.2, 0.25) is 11.8 Å². The van der Waals surface area contributed by atoms with Gasteiger partial charge in [0, 0.05) is 25.1 Å². The molecule has 2 rings (SSSR count). The highest BCUT2D eigenvalue weighted by molar-refractivity contribution is 5.80. The molecule has 0 atom stereocenters. The number of amides is 1. The van der Waals surface area contributed by atoms with Crippen molar-refractivity contribution in [3.05, 3.63) is 47.9 Å². The molecule has 0 unspecified atom stereocenters. The molecule has 144 valence electrons. The molecule has 0 bridgehead atoms. The van der Waals surface area contributed by atoms with E-state index in [4.69, 9.17) is 9.15 Å². The van der Waals surface area contributed by atoms with E-state index in [1.54, 1.807) is 4.90 Å². The van der Waals surface area contributed by atoms with Crippen LogP contribution in [0.15, 0.2) is 40.8 Å². The molecule has 1 aromatic heterocycles. The summed E-state index contributed by atoms with van der Waals surface area (Å²) in [6.45, 7) is 10.2. The van der Waals surface area contributed by atoms with Crippen molar-refractivity contribution >= 4 is 11.9 Å². The maximum absolute atomic E-state index is 12.0. The van der Waals surface area contributed by atoms with E-state index < -0.39 is 5.97 Å². The van der Waals surface area contributed by atoms with Crippen LogP contribution in [0.5, 0.6) is 0 Å². The van der Waals surface area contributed by atoms with E-state index in [1.807, 2.05) is 45.0 Å². The van der Waals surface area contributed by atoms with Crippen molar-refractivity contribution < 1.29 is 18.7 Å². The van der Waals surface area contributed by atoms with E-state index >= 15 is 0 Å². The second-order valence-electron chi connectivity index (χ2n) is 6.39. The molecule has 1 heterocycles. The number of carbonyl (C=O) groups is 2. The number of esters is 1. The minimum Gasteiger partial charge on any atom is -0.456 e. The van der Waals surface area contributed by atoms with Crippen LogP contribution < -0.4 is 0 Å². The standard InChI is InChI=1S/C20H25N3O4/c1-5-23(12-14(2)3)18(24)13-26-19(25)11-10-17-21-22-20(27-17)16-8-6-15(4)7-9-16/h6-9H,2,5,10-13H2,1,3-4H3. The van der Waals surface area contributed by atoms with Crippen molar-refractivity contribution in [1.29, 1.82) is 0 Å². The molecule has 7 heteroatoms. The van der Waals surface area contributed by atoms with Crippen LogP contribution in [0.2, 0.25) is 0 Å². The fourth-order valence-electron chi connectivity index (χ4n) is 2.38. The molecule has 2 aromatic rings. The SMILES string of the molecule is C=C(C)CN(CC)C(=O)COC(=O)CCc1nnc(-c2ccc(C)cc2)o1. The number of rotatable bonds is 9. The molecule has 0 aliphatic rings. The fraction of sp³-hybridized carbons (Fsp3) is 0.400. The van der Waals surface area contributed by atoms with Crippen molar-refractivity contribution in [3.63, 3.8) is 0 Å². The van der Waals surface area contributed by atoms with Gasteiger partial charge in [-0.3, -0.25) is 9.59 Å². The Balaban J connectivity index is 1.79. The van der Waals surface area contributed by atoms with Gasteiger partial charge in [-0.15, -0.1) is 10.2 Å². The van der Waals surface area contributed by atoms with Crippen molar-refractivity contribution in [3.8, 4) is 11.5 Å². The number of likely N-dealkylation sites (N-methyl/N-ethyl adjacent to an activating group) is 1. The van der Waals surface area contributed by atoms with Gasteiger partial charge in [-0.2, -0.15) is 0 Å². The monoisotopic (exact) mass is 371 g/mol. The maximum atomic E-state index is 12.0. The molecule has 0 aliphatic carbocycles. The van der Waals surface area contributed by atoms with E-state index in [1.165, 1.54) is 0 Å². The Labute approximate surface area is 159 Å². The number of benzene rings is 1. The van der Waals surface area contributed by atoms with Gasteiger partial charge in [-0.25, -0.2) is 0 Å². The van der Waals surface area contributed by atoms with Crippen LogP contribution in [0.1, 0.15) is 31.7 Å². The topological polar surface area (TPSA) is 85.5 Å². The average Bonchev–Trinajstić information content (AvgIpc) is 3.11. The predicted octanol–water partition coefficient (Wildman–Crippen LogP) is 2.95. The van der Waals surface area contributed by atoms with Crippen molar-refractivity contribution in [1.82, 2.24) is 15.1 Å². The fourth-order valence-corrected chi connectivity index (χ4v) is 2.38. The van der Waals surface area contributed by atoms with Crippen LogP contribution in [0.3, 0.4) is 0 Å². The molecule has 0 radical (unpaired) electrons. The van der Waals surface area contributed by atoms with E-state index in [9.17, 15) is 9.59 Å². The number of hydrogen-bond acceptors (Lipinski definition) is 6. The summed E-state index contributed by atoms with van der Waals surface area (Å²) < 4.78 is 10.6. The number of carbonyl (C=O) groups excluding carboxylic acids is 2. The molecule has 1 amide bonds. The Kier molecular flexibility index (Phi) is 7.28. The largest absolute Gasteiger partial charge is 0.456 e. The molecule has 0 saturated carbocycles. The van der Waals surface area contributed by atoms with Crippen LogP contribution in [-0.2, 0) is 20.7 Å². The summed E-state index contributed by atoms with van der Waals surface area (Å²) in [7, 11) is 0. The van der Waals surface area contributed by atoms with Gasteiger partial charge in [0.25, 0.3) is 5.91 Å². The summed E-state index contributed by atoms with van der Waals surface area (Å²) >= 11 is 0. The van der Waals surface area contributed by atoms with Crippen LogP contribution in [0.4, 0.5) is 0 Å². The van der Waals surface area contributed by atoms with Crippen molar-refractivity contribution in [2.24, 2.45) is 0 Å². The Hall–Kier alpha value is -2.96. The molecular formula is C20H25N3O4. The second kappa shape index (κ2) is 9.66. The number of aromatic nitrogens is 2. The van der Waals surface area contributed by atoms with Gasteiger partial charge < -0.3 is 14.1 Å². The smallest absolute Gasteiger partial charge is 0.306 e. The summed E-state index contributed by atoms with van der Waals surface area (Å²) in [6, 6.07) is 7.72. The number of hydrogen-bond donors (Lipinski definition) is 0. The zero-order chi connectivity index (χ0) is 19.8. The molecule has 0 N–H and O–H groups in total. The summed E-state index contributed by atoms with van der Waals surface area (Å²) in [6.07, 6.45) is 0.324. The molecule has 0 fully saturated rings. The lowest BCUT2D eigenvalue weighted by molar-refractivity contribution is -0.151. The first-order chi connectivity index (χ1) is 12.9. The molecule has 0 aliphatic heterocycles. The Morgan fingerprint density at radius 3 is 2.56 bits per heavy atom. The van der Waals surface area contributed by atoms with Gasteiger partial charge in [0.1, 0.15) is 0 Å². The molecule has 1 aromatic carbocycles. The lowest BCUT2D eigenvalue weighted by atomic mass is 10.1. The third-order valence-electron chi connectivity index (χ3n) is 3.86. The zero-order valence-corrected chi connectivity index (χ0v) is 16.0. The first kappa shape index (κ1) is 20.4. The average molecular weight is 371 g/mol. The first-order valence-electron chi connectivity index (χ1n) is 8.86. The van der Waals surface area contributed by atoms with Crippen LogP contribution in [-0.4, -0.2) is 46.7 Å². The number of ether oxygens (including phenoxy) is 1. The lowest BCUT2D eigenvalue weighted by Gasteiger charge is -2.20. The first-order valence-corrected chi connectivity index (χ1v) is 8.86. The van der Waals surface area contributed by atoms with E-state index in [-0.39, 0.29) is 25.4 Å². The highest BCUT2D eigenvalue weighted by Gasteiger charge is 2.15. The summed E-state index contributed by atoms with van der Waals surface area (Å²) in [4.78, 5) is 25.5. The second-order valence-corrected chi connectivity index (χ2v) is 6.39. The molecule has 0 saturated heterocycles. The molecule has 27 heavy (non-hydrogen) atoms. The third kappa shape index (κ3) is 6.36. The highest BCUT2D eigenvalue weighted by Crippen LogP contribution is 2.18. The maximum Gasteiger partial charge on any atom is 0.306 e. The van der Waals surface area contributed by atoms with Gasteiger partial charge in [0.05, 0.1) is 6.42 Å². The molecular weight excluding hydrogens is 346 g/mol. The molecule has 7 nitrogen and oxygen atoms in total. The summed E-state index contributed by atoms with van der Waals surface area (Å²) in [5.74, 6) is 0.0383.